The topological polar surface area (TPSA) is 50.1 Å². The standard InChI is InChI=1S/C12H11F2NO2/c1-8(16)7-10-4-2-3-9(5-6-15)11(10)17-12(13)14/h2-4,12H,5,7H2,1H3. The van der Waals surface area contributed by atoms with Crippen LogP contribution in [0.2, 0.25) is 0 Å². The van der Waals surface area contributed by atoms with Crippen molar-refractivity contribution in [2.75, 3.05) is 0 Å². The third-order valence-electron chi connectivity index (χ3n) is 2.09. The van der Waals surface area contributed by atoms with Gasteiger partial charge in [-0.25, -0.2) is 0 Å². The molecule has 0 amide bonds. The summed E-state index contributed by atoms with van der Waals surface area (Å²) in [4.78, 5) is 11.0. The molecule has 0 atom stereocenters. The lowest BCUT2D eigenvalue weighted by atomic mass is 10.0. The summed E-state index contributed by atoms with van der Waals surface area (Å²) >= 11 is 0. The fourth-order valence-corrected chi connectivity index (χ4v) is 1.51. The summed E-state index contributed by atoms with van der Waals surface area (Å²) in [7, 11) is 0. The molecular weight excluding hydrogens is 228 g/mol. The van der Waals surface area contributed by atoms with E-state index in [4.69, 9.17) is 5.26 Å². The Hall–Kier alpha value is -1.96. The average Bonchev–Trinajstić information content (AvgIpc) is 2.21. The van der Waals surface area contributed by atoms with Gasteiger partial charge in [0, 0.05) is 17.5 Å². The number of carbonyl (C=O) groups is 1. The van der Waals surface area contributed by atoms with Crippen LogP contribution in [0.3, 0.4) is 0 Å². The third kappa shape index (κ3) is 3.83. The lowest BCUT2D eigenvalue weighted by Crippen LogP contribution is -2.09. The summed E-state index contributed by atoms with van der Waals surface area (Å²) in [5.41, 5.74) is 0.747. The summed E-state index contributed by atoms with van der Waals surface area (Å²) in [5, 5.41) is 8.59. The summed E-state index contributed by atoms with van der Waals surface area (Å²) in [6.45, 7) is -1.61. The second kappa shape index (κ2) is 5.94. The Morgan fingerprint density at radius 1 is 1.47 bits per heavy atom. The maximum atomic E-state index is 12.3. The minimum atomic E-state index is -2.97. The number of ketones is 1. The van der Waals surface area contributed by atoms with Crippen molar-refractivity contribution < 1.29 is 18.3 Å². The summed E-state index contributed by atoms with van der Waals surface area (Å²) in [6, 6.07) is 6.56. The zero-order valence-corrected chi connectivity index (χ0v) is 9.24. The average molecular weight is 239 g/mol. The van der Waals surface area contributed by atoms with Crippen molar-refractivity contribution in [3.63, 3.8) is 0 Å². The van der Waals surface area contributed by atoms with Gasteiger partial charge in [-0.2, -0.15) is 14.0 Å². The van der Waals surface area contributed by atoms with Crippen LogP contribution >= 0.6 is 0 Å². The predicted octanol–water partition coefficient (Wildman–Crippen LogP) is 2.49. The van der Waals surface area contributed by atoms with Gasteiger partial charge in [0.25, 0.3) is 0 Å². The van der Waals surface area contributed by atoms with E-state index >= 15 is 0 Å². The molecule has 0 unspecified atom stereocenters. The molecule has 0 saturated heterocycles. The molecule has 0 N–H and O–H groups in total. The molecule has 0 aromatic heterocycles. The first-order chi connectivity index (χ1) is 8.04. The molecule has 0 fully saturated rings. The van der Waals surface area contributed by atoms with Gasteiger partial charge in [-0.15, -0.1) is 0 Å². The van der Waals surface area contributed by atoms with Gasteiger partial charge in [0.15, 0.2) is 0 Å². The Labute approximate surface area is 97.6 Å². The summed E-state index contributed by atoms with van der Waals surface area (Å²) in [5.74, 6) is -0.211. The monoisotopic (exact) mass is 239 g/mol. The Morgan fingerprint density at radius 2 is 2.12 bits per heavy atom. The number of hydrogen-bond acceptors (Lipinski definition) is 3. The van der Waals surface area contributed by atoms with E-state index in [0.717, 1.165) is 0 Å². The highest BCUT2D eigenvalue weighted by Gasteiger charge is 2.15. The molecule has 90 valence electrons. The van der Waals surface area contributed by atoms with Crippen LogP contribution in [0.4, 0.5) is 8.78 Å². The molecule has 1 aromatic carbocycles. The van der Waals surface area contributed by atoms with Gasteiger partial charge in [-0.05, 0) is 6.92 Å². The third-order valence-corrected chi connectivity index (χ3v) is 2.09. The van der Waals surface area contributed by atoms with Gasteiger partial charge < -0.3 is 4.74 Å². The number of halogens is 2. The second-order valence-electron chi connectivity index (χ2n) is 3.50. The molecule has 0 aliphatic heterocycles. The van der Waals surface area contributed by atoms with Gasteiger partial charge in [-0.1, -0.05) is 18.2 Å². The number of nitriles is 1. The summed E-state index contributed by atoms with van der Waals surface area (Å²) < 4.78 is 28.9. The molecule has 0 aliphatic carbocycles. The van der Waals surface area contributed by atoms with E-state index in [1.807, 2.05) is 6.07 Å². The number of carbonyl (C=O) groups excluding carboxylic acids is 1. The van der Waals surface area contributed by atoms with Crippen LogP contribution < -0.4 is 4.74 Å². The van der Waals surface area contributed by atoms with Crippen molar-refractivity contribution in [2.24, 2.45) is 0 Å². The number of alkyl halides is 2. The van der Waals surface area contributed by atoms with E-state index in [1.54, 1.807) is 12.1 Å². The van der Waals surface area contributed by atoms with Gasteiger partial charge in [-0.3, -0.25) is 4.79 Å². The molecule has 17 heavy (non-hydrogen) atoms. The number of ether oxygens (including phenoxy) is 1. The lowest BCUT2D eigenvalue weighted by Gasteiger charge is -2.13. The smallest absolute Gasteiger partial charge is 0.387 e. The van der Waals surface area contributed by atoms with E-state index in [1.165, 1.54) is 13.0 Å². The lowest BCUT2D eigenvalue weighted by molar-refractivity contribution is -0.116. The maximum Gasteiger partial charge on any atom is 0.387 e. The van der Waals surface area contributed by atoms with Crippen LogP contribution in [0.25, 0.3) is 0 Å². The molecule has 1 aromatic rings. The van der Waals surface area contributed by atoms with Gasteiger partial charge in [0.05, 0.1) is 12.5 Å². The molecule has 0 saturated carbocycles. The van der Waals surface area contributed by atoms with Crippen LogP contribution in [0.15, 0.2) is 18.2 Å². The molecule has 0 radical (unpaired) electrons. The Balaban J connectivity index is 3.14. The molecule has 0 aliphatic rings. The van der Waals surface area contributed by atoms with Gasteiger partial charge in [0.2, 0.25) is 0 Å². The number of rotatable bonds is 5. The zero-order chi connectivity index (χ0) is 12.8. The molecule has 3 nitrogen and oxygen atoms in total. The quantitative estimate of drug-likeness (QED) is 0.793. The van der Waals surface area contributed by atoms with E-state index in [9.17, 15) is 13.6 Å². The van der Waals surface area contributed by atoms with Crippen molar-refractivity contribution in [2.45, 2.75) is 26.4 Å². The predicted molar refractivity (Wildman–Crippen MR) is 56.8 cm³/mol. The first-order valence-corrected chi connectivity index (χ1v) is 4.96. The fourth-order valence-electron chi connectivity index (χ4n) is 1.51. The Kier molecular flexibility index (Phi) is 4.58. The highest BCUT2D eigenvalue weighted by Crippen LogP contribution is 2.27. The zero-order valence-electron chi connectivity index (χ0n) is 9.24. The highest BCUT2D eigenvalue weighted by atomic mass is 19.3. The van der Waals surface area contributed by atoms with Crippen molar-refractivity contribution in [1.82, 2.24) is 0 Å². The first-order valence-electron chi connectivity index (χ1n) is 4.96. The van der Waals surface area contributed by atoms with Crippen LogP contribution in [-0.4, -0.2) is 12.4 Å². The molecule has 0 heterocycles. The van der Waals surface area contributed by atoms with Crippen LogP contribution in [-0.2, 0) is 17.6 Å². The van der Waals surface area contributed by atoms with E-state index < -0.39 is 6.61 Å². The van der Waals surface area contributed by atoms with E-state index in [-0.39, 0.29) is 24.4 Å². The number of benzene rings is 1. The SMILES string of the molecule is CC(=O)Cc1cccc(CC#N)c1OC(F)F. The number of nitrogens with zero attached hydrogens (tertiary/aromatic N) is 1. The second-order valence-corrected chi connectivity index (χ2v) is 3.50. The Bertz CT molecular complexity index is 452. The van der Waals surface area contributed by atoms with Gasteiger partial charge >= 0.3 is 6.61 Å². The normalized spacial score (nSPS) is 10.1. The maximum absolute atomic E-state index is 12.3. The van der Waals surface area contributed by atoms with Crippen molar-refractivity contribution in [1.29, 1.82) is 5.26 Å². The summed E-state index contributed by atoms with van der Waals surface area (Å²) in [6.07, 6.45) is -0.0187. The molecule has 0 bridgehead atoms. The number of hydrogen-bond donors (Lipinski definition) is 0. The minimum absolute atomic E-state index is 0.0152. The fraction of sp³-hybridized carbons (Fsp3) is 0.333. The van der Waals surface area contributed by atoms with Crippen molar-refractivity contribution in [3.05, 3.63) is 29.3 Å². The molecule has 1 rings (SSSR count). The largest absolute Gasteiger partial charge is 0.434 e. The van der Waals surface area contributed by atoms with Crippen LogP contribution in [0, 0.1) is 11.3 Å². The van der Waals surface area contributed by atoms with Crippen molar-refractivity contribution in [3.8, 4) is 11.8 Å². The van der Waals surface area contributed by atoms with Crippen molar-refractivity contribution >= 4 is 5.78 Å². The Morgan fingerprint density at radius 3 is 2.65 bits per heavy atom. The van der Waals surface area contributed by atoms with Crippen LogP contribution in [0.1, 0.15) is 18.1 Å². The van der Waals surface area contributed by atoms with Gasteiger partial charge in [0.1, 0.15) is 11.5 Å². The van der Waals surface area contributed by atoms with E-state index in [2.05, 4.69) is 4.74 Å². The highest BCUT2D eigenvalue weighted by molar-refractivity contribution is 5.79. The minimum Gasteiger partial charge on any atom is -0.434 e. The molecule has 0 spiro atoms. The first kappa shape index (κ1) is 13.1. The molecule has 5 heteroatoms. The van der Waals surface area contributed by atoms with Crippen LogP contribution in [0.5, 0.6) is 5.75 Å². The molecular formula is C12H11F2NO2. The number of Topliss-reactive ketones (excluding diaryl/α,β-unsaturated/α-hetero) is 1. The number of para-hydroxylation sites is 1. The van der Waals surface area contributed by atoms with E-state index in [0.29, 0.717) is 11.1 Å².